The number of benzene rings is 1. The number of carbonyl (C=O) groups is 2. The van der Waals surface area contributed by atoms with Gasteiger partial charge in [0.25, 0.3) is 0 Å². The van der Waals surface area contributed by atoms with Gasteiger partial charge in [-0.1, -0.05) is 48.0 Å². The molecule has 2 fully saturated rings. The lowest BCUT2D eigenvalue weighted by Crippen LogP contribution is -2.44. The van der Waals surface area contributed by atoms with Crippen LogP contribution in [0.5, 0.6) is 0 Å². The van der Waals surface area contributed by atoms with Gasteiger partial charge in [0.05, 0.1) is 6.04 Å². The zero-order chi connectivity index (χ0) is 18.4. The minimum atomic E-state index is -0.224. The van der Waals surface area contributed by atoms with Crippen LogP contribution < -0.4 is 0 Å². The Hall–Kier alpha value is -1.62. The van der Waals surface area contributed by atoms with Gasteiger partial charge in [0.2, 0.25) is 0 Å². The van der Waals surface area contributed by atoms with Crippen molar-refractivity contribution in [2.45, 2.75) is 39.2 Å². The molecule has 4 atom stereocenters. The number of allylic oxidation sites excluding steroid dienone is 2. The van der Waals surface area contributed by atoms with E-state index in [4.69, 9.17) is 4.74 Å². The van der Waals surface area contributed by atoms with E-state index in [9.17, 15) is 9.59 Å². The molecule has 4 nitrogen and oxygen atoms in total. The highest BCUT2D eigenvalue weighted by Gasteiger charge is 2.46. The van der Waals surface area contributed by atoms with Crippen LogP contribution in [0.15, 0.2) is 40.5 Å². The smallest absolute Gasteiger partial charge is 0.414 e. The number of nitrogens with zero attached hydrogens (tertiary/aromatic N) is 1. The van der Waals surface area contributed by atoms with Crippen LogP contribution in [0.2, 0.25) is 0 Å². The summed E-state index contributed by atoms with van der Waals surface area (Å²) in [4.78, 5) is 27.2. The molecule has 0 unspecified atom stereocenters. The second kappa shape index (κ2) is 6.84. The first kappa shape index (κ1) is 17.8. The molecule has 1 aromatic rings. The molecule has 5 heteroatoms. The highest BCUT2D eigenvalue weighted by atomic mass is 79.9. The second-order valence-corrected chi connectivity index (χ2v) is 8.92. The van der Waals surface area contributed by atoms with E-state index in [1.165, 1.54) is 0 Å². The van der Waals surface area contributed by atoms with E-state index in [1.54, 1.807) is 0 Å². The highest BCUT2D eigenvalue weighted by molar-refractivity contribution is 9.10. The van der Waals surface area contributed by atoms with Gasteiger partial charge in [0, 0.05) is 21.7 Å². The van der Waals surface area contributed by atoms with Crippen molar-refractivity contribution in [1.82, 2.24) is 4.90 Å². The lowest BCUT2D eigenvalue weighted by molar-refractivity contribution is 0.0780. The van der Waals surface area contributed by atoms with Crippen molar-refractivity contribution in [3.63, 3.8) is 0 Å². The Morgan fingerprint density at radius 2 is 1.96 bits per heavy atom. The summed E-state index contributed by atoms with van der Waals surface area (Å²) in [6.07, 6.45) is 4.88. The molecule has 26 heavy (non-hydrogen) atoms. The molecule has 1 heterocycles. The van der Waals surface area contributed by atoms with Crippen molar-refractivity contribution in [3.05, 3.63) is 46.1 Å². The Morgan fingerprint density at radius 3 is 2.58 bits per heavy atom. The largest absolute Gasteiger partial charge is 0.447 e. The molecule has 1 saturated carbocycles. The van der Waals surface area contributed by atoms with Crippen molar-refractivity contribution in [2.75, 3.05) is 6.61 Å². The van der Waals surface area contributed by atoms with Crippen LogP contribution in [-0.4, -0.2) is 29.4 Å². The minimum absolute atomic E-state index is 0.0230. The third kappa shape index (κ3) is 3.00. The first-order valence-corrected chi connectivity index (χ1v) is 10.2. The minimum Gasteiger partial charge on any atom is -0.447 e. The fraction of sp³-hybridized carbons (Fsp3) is 0.524. The summed E-state index contributed by atoms with van der Waals surface area (Å²) in [6, 6.07) is 7.73. The van der Waals surface area contributed by atoms with E-state index < -0.39 is 0 Å². The van der Waals surface area contributed by atoms with Crippen LogP contribution in [0.3, 0.4) is 0 Å². The van der Waals surface area contributed by atoms with Gasteiger partial charge in [-0.25, -0.2) is 4.79 Å². The highest BCUT2D eigenvalue weighted by Crippen LogP contribution is 2.48. The van der Waals surface area contributed by atoms with Crippen molar-refractivity contribution in [3.8, 4) is 0 Å². The van der Waals surface area contributed by atoms with E-state index >= 15 is 0 Å². The topological polar surface area (TPSA) is 46.6 Å². The van der Waals surface area contributed by atoms with Crippen molar-refractivity contribution in [1.29, 1.82) is 0 Å². The summed E-state index contributed by atoms with van der Waals surface area (Å²) in [6.45, 7) is 4.72. The SMILES string of the molecule is CC(C)[C@@H]1COC(=O)N1C1=C[C@@H]2CC[C@H]1C[C@@H]2C(=O)c1ccc(Br)cc1. The Labute approximate surface area is 162 Å². The standard InChI is InChI=1S/C21H24BrNO3/c1-12(2)19-11-26-21(25)23(19)18-10-14-3-4-15(18)9-17(14)20(24)13-5-7-16(22)8-6-13/h5-8,10,12,14-15,17,19H,3-4,9,11H2,1-2H3/t14-,15-,17-,19-/m0/s1. The molecule has 1 saturated heterocycles. The van der Waals surface area contributed by atoms with Crippen LogP contribution in [0.25, 0.3) is 0 Å². The molecular formula is C21H24BrNO3. The summed E-state index contributed by atoms with van der Waals surface area (Å²) >= 11 is 3.42. The number of Topliss-reactive ketones (excluding diaryl/α,β-unsaturated/α-hetero) is 1. The lowest BCUT2D eigenvalue weighted by Gasteiger charge is -2.44. The molecular weight excluding hydrogens is 394 g/mol. The number of amides is 1. The van der Waals surface area contributed by atoms with Crippen LogP contribution in [0.1, 0.15) is 43.5 Å². The van der Waals surface area contributed by atoms with Gasteiger partial charge >= 0.3 is 6.09 Å². The monoisotopic (exact) mass is 417 g/mol. The zero-order valence-electron chi connectivity index (χ0n) is 15.2. The lowest BCUT2D eigenvalue weighted by atomic mass is 9.65. The average Bonchev–Trinajstić information content (AvgIpc) is 3.03. The van der Waals surface area contributed by atoms with Crippen LogP contribution in [0, 0.1) is 23.7 Å². The molecule has 5 rings (SSSR count). The number of cyclic esters (lactones) is 1. The van der Waals surface area contributed by atoms with Crippen molar-refractivity contribution >= 4 is 27.8 Å². The maximum Gasteiger partial charge on any atom is 0.414 e. The Bertz CT molecular complexity index is 755. The summed E-state index contributed by atoms with van der Waals surface area (Å²) in [7, 11) is 0. The molecule has 0 aromatic heterocycles. The summed E-state index contributed by atoms with van der Waals surface area (Å²) in [5.74, 6) is 1.09. The van der Waals surface area contributed by atoms with Gasteiger partial charge in [-0.05, 0) is 49.1 Å². The molecule has 138 valence electrons. The molecule has 1 aromatic carbocycles. The molecule has 0 N–H and O–H groups in total. The summed E-state index contributed by atoms with van der Waals surface area (Å²) in [5.41, 5.74) is 1.88. The molecule has 1 amide bonds. The van der Waals surface area contributed by atoms with Crippen LogP contribution >= 0.6 is 15.9 Å². The molecule has 3 aliphatic carbocycles. The number of halogens is 1. The number of hydrogen-bond donors (Lipinski definition) is 0. The third-order valence-corrected chi connectivity index (χ3v) is 6.65. The van der Waals surface area contributed by atoms with Crippen LogP contribution in [0.4, 0.5) is 4.79 Å². The van der Waals surface area contributed by atoms with E-state index in [2.05, 4.69) is 35.9 Å². The van der Waals surface area contributed by atoms with Gasteiger partial charge in [-0.3, -0.25) is 9.69 Å². The van der Waals surface area contributed by atoms with Crippen molar-refractivity contribution < 1.29 is 14.3 Å². The Balaban J connectivity index is 1.59. The second-order valence-electron chi connectivity index (χ2n) is 8.00. The van der Waals surface area contributed by atoms with Crippen LogP contribution in [-0.2, 0) is 4.74 Å². The third-order valence-electron chi connectivity index (χ3n) is 6.13. The number of ketones is 1. The molecule has 4 aliphatic rings. The molecule has 1 aliphatic heterocycles. The fourth-order valence-corrected chi connectivity index (χ4v) is 4.91. The summed E-state index contributed by atoms with van der Waals surface area (Å²) in [5, 5.41) is 0. The maximum absolute atomic E-state index is 13.0. The summed E-state index contributed by atoms with van der Waals surface area (Å²) < 4.78 is 6.31. The van der Waals surface area contributed by atoms with E-state index in [1.807, 2.05) is 29.2 Å². The number of ether oxygens (including phenoxy) is 1. The molecule has 0 radical (unpaired) electrons. The van der Waals surface area contributed by atoms with Gasteiger partial charge in [0.1, 0.15) is 6.61 Å². The quantitative estimate of drug-likeness (QED) is 0.644. The maximum atomic E-state index is 13.0. The number of fused-ring (bicyclic) bond motifs is 2. The molecule has 2 bridgehead atoms. The number of hydrogen-bond acceptors (Lipinski definition) is 3. The average molecular weight is 418 g/mol. The van der Waals surface area contributed by atoms with Gasteiger partial charge in [-0.15, -0.1) is 0 Å². The van der Waals surface area contributed by atoms with E-state index in [-0.39, 0.29) is 35.7 Å². The van der Waals surface area contributed by atoms with Gasteiger partial charge < -0.3 is 4.74 Å². The number of rotatable bonds is 4. The van der Waals surface area contributed by atoms with E-state index in [0.29, 0.717) is 12.5 Å². The Morgan fingerprint density at radius 1 is 1.23 bits per heavy atom. The van der Waals surface area contributed by atoms with E-state index in [0.717, 1.165) is 35.0 Å². The van der Waals surface area contributed by atoms with Crippen molar-refractivity contribution in [2.24, 2.45) is 23.7 Å². The fourth-order valence-electron chi connectivity index (χ4n) is 4.65. The first-order valence-electron chi connectivity index (χ1n) is 9.43. The first-order chi connectivity index (χ1) is 12.5. The zero-order valence-corrected chi connectivity index (χ0v) is 16.7. The van der Waals surface area contributed by atoms with Gasteiger partial charge in [0.15, 0.2) is 5.78 Å². The Kier molecular flexibility index (Phi) is 4.68. The predicted molar refractivity (Wildman–Crippen MR) is 103 cm³/mol. The predicted octanol–water partition coefficient (Wildman–Crippen LogP) is 5.04. The normalized spacial score (nSPS) is 30.5. The number of carbonyl (C=O) groups excluding carboxylic acids is 2. The van der Waals surface area contributed by atoms with Gasteiger partial charge in [-0.2, -0.15) is 0 Å². The molecule has 0 spiro atoms.